The molecule has 0 fully saturated rings. The SMILES string of the molecule is CONC(=O)NCCN(C)C. The molecule has 0 radical (unpaired) electrons. The molecule has 2 amide bonds. The highest BCUT2D eigenvalue weighted by Crippen LogP contribution is 1.70. The number of hydroxylamine groups is 1. The quantitative estimate of drug-likeness (QED) is 0.542. The zero-order chi connectivity index (χ0) is 8.69. The lowest BCUT2D eigenvalue weighted by Gasteiger charge is -2.09. The molecule has 0 atom stereocenters. The maximum absolute atomic E-state index is 10.7. The average molecular weight is 161 g/mol. The van der Waals surface area contributed by atoms with Gasteiger partial charge in [-0.3, -0.25) is 4.84 Å². The van der Waals surface area contributed by atoms with Gasteiger partial charge in [0, 0.05) is 13.1 Å². The van der Waals surface area contributed by atoms with Gasteiger partial charge in [-0.05, 0) is 14.1 Å². The Hall–Kier alpha value is -0.810. The molecule has 0 aliphatic carbocycles. The van der Waals surface area contributed by atoms with Crippen LogP contribution >= 0.6 is 0 Å². The lowest BCUT2D eigenvalue weighted by atomic mass is 10.6. The van der Waals surface area contributed by atoms with Gasteiger partial charge in [0.2, 0.25) is 0 Å². The third-order valence-electron chi connectivity index (χ3n) is 1.04. The van der Waals surface area contributed by atoms with E-state index in [2.05, 4.69) is 15.6 Å². The normalized spacial score (nSPS) is 9.82. The van der Waals surface area contributed by atoms with E-state index in [-0.39, 0.29) is 6.03 Å². The van der Waals surface area contributed by atoms with Gasteiger partial charge in [0.25, 0.3) is 0 Å². The van der Waals surface area contributed by atoms with E-state index in [0.717, 1.165) is 6.54 Å². The highest BCUT2D eigenvalue weighted by molar-refractivity contribution is 5.72. The Labute approximate surface area is 66.7 Å². The fraction of sp³-hybridized carbons (Fsp3) is 0.833. The van der Waals surface area contributed by atoms with Crippen molar-refractivity contribution in [3.63, 3.8) is 0 Å². The minimum atomic E-state index is -0.311. The van der Waals surface area contributed by atoms with Gasteiger partial charge in [0.05, 0.1) is 7.11 Å². The first kappa shape index (κ1) is 10.2. The number of carbonyl (C=O) groups is 1. The van der Waals surface area contributed by atoms with Crippen LogP contribution < -0.4 is 10.8 Å². The molecule has 5 nitrogen and oxygen atoms in total. The smallest absolute Gasteiger partial charge is 0.335 e. The van der Waals surface area contributed by atoms with Crippen LogP contribution in [0.2, 0.25) is 0 Å². The number of hydrogen-bond donors (Lipinski definition) is 2. The second-order valence-corrected chi connectivity index (χ2v) is 2.37. The molecule has 0 aliphatic heterocycles. The number of amides is 2. The van der Waals surface area contributed by atoms with E-state index in [1.54, 1.807) is 0 Å². The molecule has 0 rings (SSSR count). The molecule has 66 valence electrons. The van der Waals surface area contributed by atoms with E-state index in [4.69, 9.17) is 0 Å². The van der Waals surface area contributed by atoms with Crippen LogP contribution in [0.1, 0.15) is 0 Å². The van der Waals surface area contributed by atoms with Crippen LogP contribution in [0, 0.1) is 0 Å². The molecule has 0 unspecified atom stereocenters. The van der Waals surface area contributed by atoms with Crippen LogP contribution in [-0.2, 0) is 4.84 Å². The standard InChI is InChI=1S/C6H15N3O2/c1-9(2)5-4-7-6(10)8-11-3/h4-5H2,1-3H3,(H2,7,8,10). The molecular weight excluding hydrogens is 146 g/mol. The maximum atomic E-state index is 10.7. The molecule has 5 heteroatoms. The van der Waals surface area contributed by atoms with Crippen LogP contribution in [-0.4, -0.2) is 45.2 Å². The van der Waals surface area contributed by atoms with Crippen LogP contribution in [0.3, 0.4) is 0 Å². The molecule has 0 aromatic carbocycles. The summed E-state index contributed by atoms with van der Waals surface area (Å²) in [5, 5.41) is 2.60. The van der Waals surface area contributed by atoms with Crippen LogP contribution in [0.5, 0.6) is 0 Å². The molecule has 0 saturated carbocycles. The highest BCUT2D eigenvalue weighted by atomic mass is 16.6. The number of urea groups is 1. The third-order valence-corrected chi connectivity index (χ3v) is 1.04. The fourth-order valence-electron chi connectivity index (χ4n) is 0.522. The molecule has 0 spiro atoms. The second-order valence-electron chi connectivity index (χ2n) is 2.37. The zero-order valence-electron chi connectivity index (χ0n) is 7.18. The van der Waals surface area contributed by atoms with Gasteiger partial charge in [0.1, 0.15) is 0 Å². The Morgan fingerprint density at radius 3 is 2.64 bits per heavy atom. The van der Waals surface area contributed by atoms with Crippen LogP contribution in [0.4, 0.5) is 4.79 Å². The summed E-state index contributed by atoms with van der Waals surface area (Å²) in [5.74, 6) is 0. The summed E-state index contributed by atoms with van der Waals surface area (Å²) < 4.78 is 0. The molecule has 0 aromatic heterocycles. The number of rotatable bonds is 4. The van der Waals surface area contributed by atoms with Gasteiger partial charge in [0.15, 0.2) is 0 Å². The predicted molar refractivity (Wildman–Crippen MR) is 42.1 cm³/mol. The van der Waals surface area contributed by atoms with Crippen molar-refractivity contribution in [2.45, 2.75) is 0 Å². The Kier molecular flexibility index (Phi) is 5.50. The van der Waals surface area contributed by atoms with Crippen molar-refractivity contribution in [3.8, 4) is 0 Å². The Morgan fingerprint density at radius 1 is 1.55 bits per heavy atom. The molecule has 11 heavy (non-hydrogen) atoms. The van der Waals surface area contributed by atoms with Gasteiger partial charge < -0.3 is 10.2 Å². The first-order valence-corrected chi connectivity index (χ1v) is 3.38. The monoisotopic (exact) mass is 161 g/mol. The molecule has 0 aromatic rings. The molecular formula is C6H15N3O2. The summed E-state index contributed by atoms with van der Waals surface area (Å²) >= 11 is 0. The minimum absolute atomic E-state index is 0.311. The Bertz CT molecular complexity index is 116. The van der Waals surface area contributed by atoms with Gasteiger partial charge in [-0.1, -0.05) is 0 Å². The summed E-state index contributed by atoms with van der Waals surface area (Å²) in [7, 11) is 5.28. The molecule has 0 saturated heterocycles. The fourth-order valence-corrected chi connectivity index (χ4v) is 0.522. The van der Waals surface area contributed by atoms with E-state index in [1.165, 1.54) is 7.11 Å². The van der Waals surface area contributed by atoms with E-state index in [1.807, 2.05) is 19.0 Å². The van der Waals surface area contributed by atoms with Gasteiger partial charge >= 0.3 is 6.03 Å². The maximum Gasteiger partial charge on any atom is 0.338 e. The largest absolute Gasteiger partial charge is 0.338 e. The summed E-state index contributed by atoms with van der Waals surface area (Å²) in [6, 6.07) is -0.311. The molecule has 0 aliphatic rings. The highest BCUT2D eigenvalue weighted by Gasteiger charge is 1.96. The molecule has 2 N–H and O–H groups in total. The molecule has 0 heterocycles. The van der Waals surface area contributed by atoms with E-state index in [0.29, 0.717) is 6.54 Å². The van der Waals surface area contributed by atoms with Crippen LogP contribution in [0.15, 0.2) is 0 Å². The zero-order valence-corrected chi connectivity index (χ0v) is 7.18. The van der Waals surface area contributed by atoms with Crippen molar-refractivity contribution >= 4 is 6.03 Å². The third kappa shape index (κ3) is 7.08. The first-order valence-electron chi connectivity index (χ1n) is 3.38. The van der Waals surface area contributed by atoms with Crippen molar-refractivity contribution < 1.29 is 9.63 Å². The van der Waals surface area contributed by atoms with Gasteiger partial charge in [-0.2, -0.15) is 0 Å². The lowest BCUT2D eigenvalue weighted by molar-refractivity contribution is 0.107. The average Bonchev–Trinajstić information content (AvgIpc) is 1.87. The lowest BCUT2D eigenvalue weighted by Crippen LogP contribution is -2.38. The van der Waals surface area contributed by atoms with Crippen LogP contribution in [0.25, 0.3) is 0 Å². The van der Waals surface area contributed by atoms with E-state index in [9.17, 15) is 4.79 Å². The Morgan fingerprint density at radius 2 is 2.18 bits per heavy atom. The van der Waals surface area contributed by atoms with E-state index < -0.39 is 0 Å². The van der Waals surface area contributed by atoms with Crippen molar-refractivity contribution in [1.29, 1.82) is 0 Å². The van der Waals surface area contributed by atoms with Crippen molar-refractivity contribution in [1.82, 2.24) is 15.7 Å². The van der Waals surface area contributed by atoms with Gasteiger partial charge in [-0.15, -0.1) is 0 Å². The van der Waals surface area contributed by atoms with Crippen molar-refractivity contribution in [2.24, 2.45) is 0 Å². The summed E-state index contributed by atoms with van der Waals surface area (Å²) in [5.41, 5.74) is 2.15. The number of nitrogens with zero attached hydrogens (tertiary/aromatic N) is 1. The van der Waals surface area contributed by atoms with Crippen molar-refractivity contribution in [2.75, 3.05) is 34.3 Å². The van der Waals surface area contributed by atoms with E-state index >= 15 is 0 Å². The summed E-state index contributed by atoms with van der Waals surface area (Å²) in [6.07, 6.45) is 0. The predicted octanol–water partition coefficient (Wildman–Crippen LogP) is -0.591. The first-order chi connectivity index (χ1) is 5.16. The Balaban J connectivity index is 3.17. The number of hydrogen-bond acceptors (Lipinski definition) is 3. The number of nitrogens with one attached hydrogen (secondary N) is 2. The second kappa shape index (κ2) is 5.94. The van der Waals surface area contributed by atoms with Gasteiger partial charge in [-0.25, -0.2) is 10.3 Å². The topological polar surface area (TPSA) is 53.6 Å². The number of likely N-dealkylation sites (N-methyl/N-ethyl adjacent to an activating group) is 1. The van der Waals surface area contributed by atoms with Crippen molar-refractivity contribution in [3.05, 3.63) is 0 Å². The number of carbonyl (C=O) groups excluding carboxylic acids is 1. The molecule has 0 bridgehead atoms. The summed E-state index contributed by atoms with van der Waals surface area (Å²) in [4.78, 5) is 17.0. The summed E-state index contributed by atoms with van der Waals surface area (Å²) in [6.45, 7) is 1.43. The minimum Gasteiger partial charge on any atom is -0.335 e.